The molecule has 0 amide bonds. The van der Waals surface area contributed by atoms with Crippen LogP contribution in [0.15, 0.2) is 18.2 Å². The van der Waals surface area contributed by atoms with Crippen molar-refractivity contribution in [3.63, 3.8) is 0 Å². The van der Waals surface area contributed by atoms with E-state index in [1.807, 2.05) is 0 Å². The Hall–Kier alpha value is -1.11. The summed E-state index contributed by atoms with van der Waals surface area (Å²) >= 11 is 0. The third-order valence-electron chi connectivity index (χ3n) is 2.33. The van der Waals surface area contributed by atoms with E-state index in [0.717, 1.165) is 0 Å². The van der Waals surface area contributed by atoms with Gasteiger partial charge in [0.1, 0.15) is 0 Å². The first-order valence-corrected chi connectivity index (χ1v) is 4.87. The van der Waals surface area contributed by atoms with E-state index >= 15 is 0 Å². The Balaban J connectivity index is 0.00000144. The minimum atomic E-state index is -3.58. The number of halogens is 3. The number of hydrogen-bond donors (Lipinski definition) is 2. The summed E-state index contributed by atoms with van der Waals surface area (Å²) in [6, 6.07) is 4.22. The molecule has 0 bridgehead atoms. The fraction of sp³-hybridized carbons (Fsp3) is 0.400. The molecule has 1 aliphatic heterocycles. The zero-order valence-corrected chi connectivity index (χ0v) is 9.68. The van der Waals surface area contributed by atoms with Crippen LogP contribution in [0.5, 0.6) is 11.5 Å². The van der Waals surface area contributed by atoms with Crippen LogP contribution in [0.1, 0.15) is 18.0 Å². The van der Waals surface area contributed by atoms with Gasteiger partial charge in [-0.15, -0.1) is 21.2 Å². The van der Waals surface area contributed by atoms with Gasteiger partial charge in [0.2, 0.25) is 0 Å². The summed E-state index contributed by atoms with van der Waals surface area (Å²) in [7, 11) is 0. The van der Waals surface area contributed by atoms with Gasteiger partial charge < -0.3 is 20.9 Å². The van der Waals surface area contributed by atoms with Crippen LogP contribution in [0, 0.1) is 0 Å². The van der Waals surface area contributed by atoms with Crippen molar-refractivity contribution in [2.75, 3.05) is 6.54 Å². The zero-order chi connectivity index (χ0) is 11.8. The number of benzene rings is 1. The predicted molar refractivity (Wildman–Crippen MR) is 60.5 cm³/mol. The standard InChI is InChI=1S/C10H12F2N2O2.ClH/c11-10(12)15-8-2-1-6(5-9(8)16-10)7(14)3-4-13;/h1-2,5,7H,3-4,13-14H2;1H/t7-;/m0./s1. The lowest BCUT2D eigenvalue weighted by Crippen LogP contribution is -2.25. The maximum atomic E-state index is 12.7. The van der Waals surface area contributed by atoms with Gasteiger partial charge in [-0.1, -0.05) is 6.07 Å². The molecule has 7 heteroatoms. The van der Waals surface area contributed by atoms with E-state index in [0.29, 0.717) is 18.5 Å². The van der Waals surface area contributed by atoms with Gasteiger partial charge in [-0.2, -0.15) is 0 Å². The van der Waals surface area contributed by atoms with Crippen LogP contribution in [0.4, 0.5) is 8.78 Å². The van der Waals surface area contributed by atoms with E-state index < -0.39 is 6.29 Å². The molecule has 0 spiro atoms. The lowest BCUT2D eigenvalue weighted by molar-refractivity contribution is -0.286. The molecule has 1 heterocycles. The van der Waals surface area contributed by atoms with E-state index in [4.69, 9.17) is 11.5 Å². The molecule has 17 heavy (non-hydrogen) atoms. The highest BCUT2D eigenvalue weighted by atomic mass is 35.5. The number of ether oxygens (including phenoxy) is 2. The largest absolute Gasteiger partial charge is 0.586 e. The summed E-state index contributed by atoms with van der Waals surface area (Å²) in [4.78, 5) is 0. The quantitative estimate of drug-likeness (QED) is 0.875. The van der Waals surface area contributed by atoms with Crippen LogP contribution in [0.3, 0.4) is 0 Å². The van der Waals surface area contributed by atoms with Crippen LogP contribution in [0.25, 0.3) is 0 Å². The van der Waals surface area contributed by atoms with Gasteiger partial charge in [0, 0.05) is 6.04 Å². The second kappa shape index (κ2) is 5.03. The van der Waals surface area contributed by atoms with Crippen molar-refractivity contribution in [3.05, 3.63) is 23.8 Å². The molecule has 0 radical (unpaired) electrons. The smallest absolute Gasteiger partial charge is 0.395 e. The van der Waals surface area contributed by atoms with E-state index in [-0.39, 0.29) is 29.9 Å². The number of fused-ring (bicyclic) bond motifs is 1. The minimum Gasteiger partial charge on any atom is -0.395 e. The Morgan fingerprint density at radius 1 is 1.24 bits per heavy atom. The van der Waals surface area contributed by atoms with Gasteiger partial charge in [-0.3, -0.25) is 0 Å². The highest BCUT2D eigenvalue weighted by molar-refractivity contribution is 5.85. The van der Waals surface area contributed by atoms with Crippen molar-refractivity contribution in [2.45, 2.75) is 18.8 Å². The second-order valence-electron chi connectivity index (χ2n) is 3.56. The summed E-state index contributed by atoms with van der Waals surface area (Å²) in [5, 5.41) is 0. The van der Waals surface area contributed by atoms with Gasteiger partial charge in [-0.05, 0) is 30.7 Å². The molecule has 0 aliphatic carbocycles. The molecule has 4 nitrogen and oxygen atoms in total. The Bertz CT molecular complexity index is 404. The van der Waals surface area contributed by atoms with Crippen molar-refractivity contribution < 1.29 is 18.3 Å². The molecular formula is C10H13ClF2N2O2. The van der Waals surface area contributed by atoms with E-state index in [1.54, 1.807) is 6.07 Å². The van der Waals surface area contributed by atoms with E-state index in [1.165, 1.54) is 12.1 Å². The Kier molecular flexibility index (Phi) is 4.13. The fourth-order valence-corrected chi connectivity index (χ4v) is 1.54. The zero-order valence-electron chi connectivity index (χ0n) is 8.86. The third-order valence-corrected chi connectivity index (χ3v) is 2.33. The average molecular weight is 267 g/mol. The van der Waals surface area contributed by atoms with Crippen LogP contribution < -0.4 is 20.9 Å². The van der Waals surface area contributed by atoms with Crippen LogP contribution in [-0.4, -0.2) is 12.8 Å². The first-order chi connectivity index (χ1) is 7.52. The third kappa shape index (κ3) is 2.96. The summed E-state index contributed by atoms with van der Waals surface area (Å²) in [6.45, 7) is 0.436. The SMILES string of the molecule is Cl.NCC[C@H](N)c1ccc2c(c1)OC(F)(F)O2. The monoisotopic (exact) mass is 266 g/mol. The van der Waals surface area contributed by atoms with Crippen molar-refractivity contribution in [2.24, 2.45) is 11.5 Å². The molecule has 1 aliphatic rings. The van der Waals surface area contributed by atoms with E-state index in [2.05, 4.69) is 9.47 Å². The van der Waals surface area contributed by atoms with Crippen molar-refractivity contribution in [1.29, 1.82) is 0 Å². The Labute approximate surface area is 103 Å². The van der Waals surface area contributed by atoms with Crippen LogP contribution in [0.2, 0.25) is 0 Å². The Morgan fingerprint density at radius 2 is 1.88 bits per heavy atom. The summed E-state index contributed by atoms with van der Waals surface area (Å²) in [6.07, 6.45) is -3.01. The summed E-state index contributed by atoms with van der Waals surface area (Å²) < 4.78 is 34.0. The molecule has 0 fully saturated rings. The van der Waals surface area contributed by atoms with Gasteiger partial charge in [0.15, 0.2) is 11.5 Å². The number of alkyl halides is 2. The first kappa shape index (κ1) is 14.0. The lowest BCUT2D eigenvalue weighted by atomic mass is 10.0. The average Bonchev–Trinajstić information content (AvgIpc) is 2.50. The molecular weight excluding hydrogens is 254 g/mol. The lowest BCUT2D eigenvalue weighted by Gasteiger charge is -2.10. The predicted octanol–water partition coefficient (Wildman–Crippen LogP) is 1.78. The molecule has 0 saturated heterocycles. The van der Waals surface area contributed by atoms with Crippen LogP contribution in [-0.2, 0) is 0 Å². The molecule has 1 aromatic rings. The number of rotatable bonds is 3. The van der Waals surface area contributed by atoms with Gasteiger partial charge in [0.25, 0.3) is 0 Å². The molecule has 0 aromatic heterocycles. The first-order valence-electron chi connectivity index (χ1n) is 4.87. The van der Waals surface area contributed by atoms with Gasteiger partial charge in [0.05, 0.1) is 0 Å². The van der Waals surface area contributed by atoms with Crippen molar-refractivity contribution >= 4 is 12.4 Å². The number of hydrogen-bond acceptors (Lipinski definition) is 4. The summed E-state index contributed by atoms with van der Waals surface area (Å²) in [5.41, 5.74) is 11.9. The van der Waals surface area contributed by atoms with Crippen molar-refractivity contribution in [3.8, 4) is 11.5 Å². The second-order valence-corrected chi connectivity index (χ2v) is 3.56. The maximum Gasteiger partial charge on any atom is 0.586 e. The van der Waals surface area contributed by atoms with Crippen molar-refractivity contribution in [1.82, 2.24) is 0 Å². The molecule has 96 valence electrons. The normalized spacial score (nSPS) is 17.4. The maximum absolute atomic E-state index is 12.7. The molecule has 2 rings (SSSR count). The highest BCUT2D eigenvalue weighted by Gasteiger charge is 2.43. The summed E-state index contributed by atoms with van der Waals surface area (Å²) in [5.74, 6) is 0.0312. The molecule has 1 atom stereocenters. The van der Waals surface area contributed by atoms with Crippen LogP contribution >= 0.6 is 12.4 Å². The topological polar surface area (TPSA) is 70.5 Å². The Morgan fingerprint density at radius 3 is 2.53 bits per heavy atom. The molecule has 0 unspecified atom stereocenters. The molecule has 1 aromatic carbocycles. The minimum absolute atomic E-state index is 0. The molecule has 0 saturated carbocycles. The van der Waals surface area contributed by atoms with E-state index in [9.17, 15) is 8.78 Å². The number of nitrogens with two attached hydrogens (primary N) is 2. The van der Waals surface area contributed by atoms with Gasteiger partial charge in [-0.25, -0.2) is 0 Å². The fourth-order valence-electron chi connectivity index (χ4n) is 1.54. The molecule has 4 N–H and O–H groups in total. The highest BCUT2D eigenvalue weighted by Crippen LogP contribution is 2.41. The van der Waals surface area contributed by atoms with Gasteiger partial charge >= 0.3 is 6.29 Å².